The van der Waals surface area contributed by atoms with Gasteiger partial charge in [-0.15, -0.1) is 0 Å². The van der Waals surface area contributed by atoms with Crippen molar-refractivity contribution in [1.82, 2.24) is 4.98 Å². The van der Waals surface area contributed by atoms with Crippen LogP contribution in [0.1, 0.15) is 38.5 Å². The molecule has 2 heterocycles. The summed E-state index contributed by atoms with van der Waals surface area (Å²) in [6, 6.07) is 14.4. The number of aromatic nitrogens is 1. The van der Waals surface area contributed by atoms with E-state index in [1.807, 2.05) is 24.3 Å². The summed E-state index contributed by atoms with van der Waals surface area (Å²) in [5.41, 5.74) is 3.25. The molecule has 160 valence electrons. The number of sulfonamides is 1. The van der Waals surface area contributed by atoms with Gasteiger partial charge in [0, 0.05) is 34.6 Å². The van der Waals surface area contributed by atoms with Crippen molar-refractivity contribution in [1.29, 1.82) is 0 Å². The van der Waals surface area contributed by atoms with Crippen LogP contribution >= 0.6 is 0 Å². The fourth-order valence-electron chi connectivity index (χ4n) is 4.58. The lowest BCUT2D eigenvalue weighted by atomic mass is 9.71. The van der Waals surface area contributed by atoms with E-state index in [-0.39, 0.29) is 10.3 Å². The van der Waals surface area contributed by atoms with Crippen LogP contribution in [-0.4, -0.2) is 13.4 Å². The number of benzene rings is 2. The van der Waals surface area contributed by atoms with Gasteiger partial charge in [0.15, 0.2) is 0 Å². The van der Waals surface area contributed by atoms with Crippen molar-refractivity contribution >= 4 is 37.6 Å². The number of para-hydroxylation sites is 1. The van der Waals surface area contributed by atoms with Crippen LogP contribution in [0.15, 0.2) is 64.0 Å². The minimum Gasteiger partial charge on any atom is -0.461 e. The van der Waals surface area contributed by atoms with Gasteiger partial charge < -0.3 is 4.42 Å². The zero-order valence-electron chi connectivity index (χ0n) is 18.0. The zero-order valence-corrected chi connectivity index (χ0v) is 18.8. The number of pyridine rings is 1. The number of anilines is 1. The second-order valence-corrected chi connectivity index (χ2v) is 11.1. The predicted octanol–water partition coefficient (Wildman–Crippen LogP) is 5.93. The Morgan fingerprint density at radius 2 is 1.90 bits per heavy atom. The summed E-state index contributed by atoms with van der Waals surface area (Å²) in [5.74, 6) is 1.61. The highest BCUT2D eigenvalue weighted by Gasteiger charge is 2.31. The Hall–Kier alpha value is -2.86. The third-order valence-electron chi connectivity index (χ3n) is 6.41. The maximum absolute atomic E-state index is 13.2. The molecule has 5 nitrogen and oxygen atoms in total. The lowest BCUT2D eigenvalue weighted by Crippen LogP contribution is -2.26. The number of rotatable bonds is 3. The first-order valence-corrected chi connectivity index (χ1v) is 12.1. The van der Waals surface area contributed by atoms with Gasteiger partial charge in [-0.2, -0.15) is 0 Å². The van der Waals surface area contributed by atoms with Gasteiger partial charge in [0.2, 0.25) is 0 Å². The molecule has 0 saturated carbocycles. The summed E-state index contributed by atoms with van der Waals surface area (Å²) in [5, 5.41) is 1.79. The van der Waals surface area contributed by atoms with E-state index >= 15 is 0 Å². The van der Waals surface area contributed by atoms with E-state index in [4.69, 9.17) is 4.42 Å². The maximum atomic E-state index is 13.2. The normalized spacial score (nSPS) is 17.1. The lowest BCUT2D eigenvalue weighted by Gasteiger charge is -2.33. The number of hydrogen-bond donors (Lipinski definition) is 1. The van der Waals surface area contributed by atoms with E-state index < -0.39 is 10.0 Å². The molecule has 1 unspecified atom stereocenters. The first-order chi connectivity index (χ1) is 14.7. The van der Waals surface area contributed by atoms with Crippen LogP contribution in [0.4, 0.5) is 5.69 Å². The third-order valence-corrected chi connectivity index (χ3v) is 7.82. The average molecular weight is 435 g/mol. The van der Waals surface area contributed by atoms with Crippen molar-refractivity contribution in [2.45, 2.75) is 44.9 Å². The summed E-state index contributed by atoms with van der Waals surface area (Å²) in [7, 11) is -3.79. The van der Waals surface area contributed by atoms with E-state index in [0.29, 0.717) is 17.1 Å². The fraction of sp³-hybridized carbons (Fsp3) is 0.320. The minimum atomic E-state index is -3.79. The molecule has 31 heavy (non-hydrogen) atoms. The van der Waals surface area contributed by atoms with Crippen LogP contribution in [0.2, 0.25) is 0 Å². The molecule has 1 N–H and O–H groups in total. The van der Waals surface area contributed by atoms with E-state index in [9.17, 15) is 8.42 Å². The molecule has 4 aromatic rings. The van der Waals surface area contributed by atoms with Crippen molar-refractivity contribution in [3.05, 3.63) is 66.1 Å². The minimum absolute atomic E-state index is 0.174. The van der Waals surface area contributed by atoms with Crippen LogP contribution in [-0.2, 0) is 22.9 Å². The molecule has 1 aliphatic carbocycles. The average Bonchev–Trinajstić information content (AvgIpc) is 3.09. The van der Waals surface area contributed by atoms with Gasteiger partial charge in [-0.1, -0.05) is 39.0 Å². The monoisotopic (exact) mass is 434 g/mol. The van der Waals surface area contributed by atoms with Crippen molar-refractivity contribution in [2.75, 3.05) is 4.72 Å². The van der Waals surface area contributed by atoms with Gasteiger partial charge in [-0.05, 0) is 54.5 Å². The molecule has 2 aromatic heterocycles. The molecule has 1 aliphatic rings. The summed E-state index contributed by atoms with van der Waals surface area (Å²) < 4.78 is 35.2. The first kappa shape index (κ1) is 20.1. The SMILES string of the molecule is CC(C)(C)C1CCc2oc3ccc(NS(=O)(=O)c4cccc5cccnc45)cc3c2C1. The molecule has 6 heteroatoms. The van der Waals surface area contributed by atoms with E-state index in [2.05, 4.69) is 30.5 Å². The Balaban J connectivity index is 1.53. The van der Waals surface area contributed by atoms with Gasteiger partial charge >= 0.3 is 0 Å². The van der Waals surface area contributed by atoms with Gasteiger partial charge in [-0.3, -0.25) is 9.71 Å². The van der Waals surface area contributed by atoms with Gasteiger partial charge in [-0.25, -0.2) is 8.42 Å². The first-order valence-electron chi connectivity index (χ1n) is 10.6. The Kier molecular flexibility index (Phi) is 4.59. The maximum Gasteiger partial charge on any atom is 0.264 e. The molecule has 0 saturated heterocycles. The predicted molar refractivity (Wildman–Crippen MR) is 124 cm³/mol. The molecule has 0 spiro atoms. The standard InChI is InChI=1S/C25H26N2O3S/c1-25(2,3)17-9-11-21-19(14-17)20-15-18(10-12-22(20)30-21)27-31(28,29)23-8-4-6-16-7-5-13-26-24(16)23/h4-8,10,12-13,15,17,27H,9,11,14H2,1-3H3. The zero-order chi connectivity index (χ0) is 21.8. The summed E-state index contributed by atoms with van der Waals surface area (Å²) in [6.07, 6.45) is 4.60. The molecule has 0 radical (unpaired) electrons. The van der Waals surface area contributed by atoms with Crippen LogP contribution in [0.25, 0.3) is 21.9 Å². The fourth-order valence-corrected chi connectivity index (χ4v) is 5.81. The van der Waals surface area contributed by atoms with E-state index in [1.165, 1.54) is 5.56 Å². The Labute approximate surface area is 182 Å². The van der Waals surface area contributed by atoms with Crippen LogP contribution in [0.3, 0.4) is 0 Å². The topological polar surface area (TPSA) is 72.2 Å². The van der Waals surface area contributed by atoms with Crippen LogP contribution < -0.4 is 4.72 Å². The number of aryl methyl sites for hydroxylation is 1. The number of nitrogens with zero attached hydrogens (tertiary/aromatic N) is 1. The molecule has 0 aliphatic heterocycles. The highest BCUT2D eigenvalue weighted by molar-refractivity contribution is 7.93. The smallest absolute Gasteiger partial charge is 0.264 e. The summed E-state index contributed by atoms with van der Waals surface area (Å²) in [4.78, 5) is 4.46. The Morgan fingerprint density at radius 3 is 2.71 bits per heavy atom. The highest BCUT2D eigenvalue weighted by atomic mass is 32.2. The van der Waals surface area contributed by atoms with Crippen molar-refractivity contribution in [3.8, 4) is 0 Å². The van der Waals surface area contributed by atoms with Gasteiger partial charge in [0.1, 0.15) is 16.2 Å². The van der Waals surface area contributed by atoms with Gasteiger partial charge in [0.25, 0.3) is 10.0 Å². The summed E-state index contributed by atoms with van der Waals surface area (Å²) >= 11 is 0. The molecule has 0 bridgehead atoms. The van der Waals surface area contributed by atoms with Gasteiger partial charge in [0.05, 0.1) is 5.52 Å². The Morgan fingerprint density at radius 1 is 1.10 bits per heavy atom. The Bertz CT molecular complexity index is 1390. The molecule has 1 atom stereocenters. The molecule has 0 fully saturated rings. The molecular formula is C25H26N2O3S. The highest BCUT2D eigenvalue weighted by Crippen LogP contribution is 2.41. The van der Waals surface area contributed by atoms with Crippen LogP contribution in [0.5, 0.6) is 0 Å². The number of nitrogens with one attached hydrogen (secondary N) is 1. The van der Waals surface area contributed by atoms with Crippen molar-refractivity contribution in [2.24, 2.45) is 11.3 Å². The quantitative estimate of drug-likeness (QED) is 0.434. The van der Waals surface area contributed by atoms with E-state index in [1.54, 1.807) is 30.5 Å². The lowest BCUT2D eigenvalue weighted by molar-refractivity contribution is 0.210. The number of hydrogen-bond acceptors (Lipinski definition) is 4. The van der Waals surface area contributed by atoms with E-state index in [0.717, 1.165) is 41.4 Å². The van der Waals surface area contributed by atoms with Crippen molar-refractivity contribution < 1.29 is 12.8 Å². The third kappa shape index (κ3) is 3.59. The second kappa shape index (κ2) is 7.09. The molecular weight excluding hydrogens is 408 g/mol. The van der Waals surface area contributed by atoms with Crippen LogP contribution in [0, 0.1) is 11.3 Å². The largest absolute Gasteiger partial charge is 0.461 e. The molecule has 5 rings (SSSR count). The number of furan rings is 1. The number of fused-ring (bicyclic) bond motifs is 4. The van der Waals surface area contributed by atoms with Crippen molar-refractivity contribution in [3.63, 3.8) is 0 Å². The molecule has 0 amide bonds. The summed E-state index contributed by atoms with van der Waals surface area (Å²) in [6.45, 7) is 6.84. The second-order valence-electron chi connectivity index (χ2n) is 9.46. The molecule has 2 aromatic carbocycles.